The van der Waals surface area contributed by atoms with Gasteiger partial charge in [0.15, 0.2) is 5.65 Å². The van der Waals surface area contributed by atoms with E-state index in [9.17, 15) is 4.79 Å². The van der Waals surface area contributed by atoms with Crippen molar-refractivity contribution in [3.05, 3.63) is 46.8 Å². The number of carbonyl (C=O) groups is 1. The highest BCUT2D eigenvalue weighted by Crippen LogP contribution is 2.40. The molecule has 0 atom stereocenters. The van der Waals surface area contributed by atoms with Gasteiger partial charge in [-0.2, -0.15) is 5.10 Å². The minimum absolute atomic E-state index is 0.139. The van der Waals surface area contributed by atoms with Crippen molar-refractivity contribution < 1.29 is 9.53 Å². The fourth-order valence-corrected chi connectivity index (χ4v) is 3.39. The molecule has 0 unspecified atom stereocenters. The molecule has 2 heterocycles. The summed E-state index contributed by atoms with van der Waals surface area (Å²) in [5.41, 5.74) is 4.91. The molecule has 26 heavy (non-hydrogen) atoms. The van der Waals surface area contributed by atoms with Crippen LogP contribution in [0.25, 0.3) is 11.0 Å². The van der Waals surface area contributed by atoms with Gasteiger partial charge < -0.3 is 10.1 Å². The monoisotopic (exact) mass is 350 g/mol. The first-order chi connectivity index (χ1) is 12.5. The second kappa shape index (κ2) is 6.12. The molecule has 6 nitrogen and oxygen atoms in total. The van der Waals surface area contributed by atoms with Gasteiger partial charge in [-0.25, -0.2) is 4.98 Å². The van der Waals surface area contributed by atoms with E-state index in [1.165, 1.54) is 0 Å². The topological polar surface area (TPSA) is 69.0 Å². The Hall–Kier alpha value is -2.89. The predicted molar refractivity (Wildman–Crippen MR) is 101 cm³/mol. The van der Waals surface area contributed by atoms with E-state index < -0.39 is 0 Å². The van der Waals surface area contributed by atoms with Gasteiger partial charge in [0.1, 0.15) is 5.75 Å². The number of aromatic nitrogens is 3. The summed E-state index contributed by atoms with van der Waals surface area (Å²) in [6, 6.07) is 7.55. The van der Waals surface area contributed by atoms with Crippen molar-refractivity contribution in [1.82, 2.24) is 14.8 Å². The van der Waals surface area contributed by atoms with E-state index >= 15 is 0 Å². The third-order valence-corrected chi connectivity index (χ3v) is 4.88. The van der Waals surface area contributed by atoms with Crippen LogP contribution < -0.4 is 10.1 Å². The number of rotatable bonds is 4. The fraction of sp³-hybridized carbons (Fsp3) is 0.350. The Kier molecular flexibility index (Phi) is 3.90. The molecule has 3 aromatic rings. The summed E-state index contributed by atoms with van der Waals surface area (Å²) in [6.45, 7) is 3.87. The lowest BCUT2D eigenvalue weighted by atomic mass is 10.1. The molecule has 0 radical (unpaired) electrons. The van der Waals surface area contributed by atoms with Crippen LogP contribution in [0.15, 0.2) is 24.3 Å². The van der Waals surface area contributed by atoms with Gasteiger partial charge in [-0.1, -0.05) is 0 Å². The van der Waals surface area contributed by atoms with Gasteiger partial charge in [-0.3, -0.25) is 9.48 Å². The standard InChI is InChI=1S/C20H22N4O2/c1-11-9-14(7-8-17(11)26-4)21-20(25)15-10-16(13-5-6-13)22-19-18(15)12(2)23-24(19)3/h7-10,13H,5-6H2,1-4H3,(H,21,25). The maximum Gasteiger partial charge on any atom is 0.256 e. The molecule has 2 aromatic heterocycles. The molecule has 1 amide bonds. The number of fused-ring (bicyclic) bond motifs is 1. The second-order valence-corrected chi connectivity index (χ2v) is 6.92. The number of carbonyl (C=O) groups excluding carboxylic acids is 1. The van der Waals surface area contributed by atoms with Crippen molar-refractivity contribution in [1.29, 1.82) is 0 Å². The van der Waals surface area contributed by atoms with E-state index in [1.54, 1.807) is 11.8 Å². The van der Waals surface area contributed by atoms with Gasteiger partial charge >= 0.3 is 0 Å². The van der Waals surface area contributed by atoms with Gasteiger partial charge in [0.25, 0.3) is 5.91 Å². The van der Waals surface area contributed by atoms with Crippen molar-refractivity contribution in [2.24, 2.45) is 7.05 Å². The van der Waals surface area contributed by atoms with Crippen molar-refractivity contribution in [3.63, 3.8) is 0 Å². The van der Waals surface area contributed by atoms with Crippen LogP contribution in [0.5, 0.6) is 5.75 Å². The zero-order valence-electron chi connectivity index (χ0n) is 15.5. The molecule has 134 valence electrons. The summed E-state index contributed by atoms with van der Waals surface area (Å²) in [4.78, 5) is 17.8. The molecule has 1 aromatic carbocycles. The highest BCUT2D eigenvalue weighted by molar-refractivity contribution is 6.12. The van der Waals surface area contributed by atoms with E-state index in [4.69, 9.17) is 9.72 Å². The average molecular weight is 350 g/mol. The van der Waals surface area contributed by atoms with Crippen LogP contribution in [0.4, 0.5) is 5.69 Å². The van der Waals surface area contributed by atoms with E-state index in [-0.39, 0.29) is 5.91 Å². The highest BCUT2D eigenvalue weighted by atomic mass is 16.5. The van der Waals surface area contributed by atoms with Gasteiger partial charge in [-0.05, 0) is 56.5 Å². The minimum atomic E-state index is -0.139. The third kappa shape index (κ3) is 2.81. The quantitative estimate of drug-likeness (QED) is 0.778. The predicted octanol–water partition coefficient (Wildman–Crippen LogP) is 3.72. The number of methoxy groups -OCH3 is 1. The molecule has 0 saturated heterocycles. The lowest BCUT2D eigenvalue weighted by Gasteiger charge is -2.11. The van der Waals surface area contributed by atoms with Crippen molar-refractivity contribution in [2.45, 2.75) is 32.6 Å². The first kappa shape index (κ1) is 16.6. The van der Waals surface area contributed by atoms with Gasteiger partial charge in [0.2, 0.25) is 0 Å². The van der Waals surface area contributed by atoms with E-state index in [0.717, 1.165) is 52.3 Å². The number of nitrogens with one attached hydrogen (secondary N) is 1. The Morgan fingerprint density at radius 2 is 2.04 bits per heavy atom. The van der Waals surface area contributed by atoms with Gasteiger partial charge in [0, 0.05) is 24.3 Å². The summed E-state index contributed by atoms with van der Waals surface area (Å²) in [5, 5.41) is 8.28. The number of hydrogen-bond acceptors (Lipinski definition) is 4. The number of aryl methyl sites for hydroxylation is 3. The smallest absolute Gasteiger partial charge is 0.256 e. The van der Waals surface area contributed by atoms with Crippen LogP contribution in [0.3, 0.4) is 0 Å². The van der Waals surface area contributed by atoms with Crippen LogP contribution in [-0.2, 0) is 7.05 Å². The Morgan fingerprint density at radius 3 is 2.69 bits per heavy atom. The molecular weight excluding hydrogens is 328 g/mol. The number of ether oxygens (including phenoxy) is 1. The lowest BCUT2D eigenvalue weighted by molar-refractivity contribution is 0.102. The number of anilines is 1. The number of nitrogens with zero attached hydrogens (tertiary/aromatic N) is 3. The van der Waals surface area contributed by atoms with Crippen molar-refractivity contribution in [3.8, 4) is 5.75 Å². The Balaban J connectivity index is 1.75. The molecular formula is C20H22N4O2. The first-order valence-electron chi connectivity index (χ1n) is 8.78. The Bertz CT molecular complexity index is 1020. The van der Waals surface area contributed by atoms with Crippen LogP contribution in [0.1, 0.15) is 46.1 Å². The Morgan fingerprint density at radius 1 is 1.27 bits per heavy atom. The minimum Gasteiger partial charge on any atom is -0.496 e. The molecule has 0 aliphatic heterocycles. The summed E-state index contributed by atoms with van der Waals surface area (Å²) in [6.07, 6.45) is 2.27. The number of amides is 1. The molecule has 1 saturated carbocycles. The summed E-state index contributed by atoms with van der Waals surface area (Å²) in [5.74, 6) is 1.12. The zero-order valence-corrected chi connectivity index (χ0v) is 15.5. The van der Waals surface area contributed by atoms with E-state index in [2.05, 4.69) is 10.4 Å². The molecule has 0 bridgehead atoms. The maximum absolute atomic E-state index is 13.0. The van der Waals surface area contributed by atoms with Crippen LogP contribution in [-0.4, -0.2) is 27.8 Å². The van der Waals surface area contributed by atoms with E-state index in [1.807, 2.05) is 45.2 Å². The summed E-state index contributed by atoms with van der Waals surface area (Å²) in [7, 11) is 3.51. The normalized spacial score (nSPS) is 13.8. The van der Waals surface area contributed by atoms with Crippen LogP contribution >= 0.6 is 0 Å². The SMILES string of the molecule is COc1ccc(NC(=O)c2cc(C3CC3)nc3c2c(C)nn3C)cc1C. The molecule has 6 heteroatoms. The number of pyridine rings is 1. The van der Waals surface area contributed by atoms with Gasteiger partial charge in [-0.15, -0.1) is 0 Å². The van der Waals surface area contributed by atoms with E-state index in [0.29, 0.717) is 11.5 Å². The largest absolute Gasteiger partial charge is 0.496 e. The third-order valence-electron chi connectivity index (χ3n) is 4.88. The first-order valence-corrected chi connectivity index (χ1v) is 8.78. The van der Waals surface area contributed by atoms with Crippen molar-refractivity contribution >= 4 is 22.6 Å². The lowest BCUT2D eigenvalue weighted by Crippen LogP contribution is -2.14. The molecule has 1 aliphatic carbocycles. The highest BCUT2D eigenvalue weighted by Gasteiger charge is 2.28. The van der Waals surface area contributed by atoms with Crippen molar-refractivity contribution in [2.75, 3.05) is 12.4 Å². The number of benzene rings is 1. The van der Waals surface area contributed by atoms with Gasteiger partial charge in [0.05, 0.1) is 23.8 Å². The molecule has 4 rings (SSSR count). The zero-order chi connectivity index (χ0) is 18.4. The molecule has 1 fully saturated rings. The summed E-state index contributed by atoms with van der Waals surface area (Å²) >= 11 is 0. The van der Waals surface area contributed by atoms with Crippen LogP contribution in [0, 0.1) is 13.8 Å². The fourth-order valence-electron chi connectivity index (χ4n) is 3.39. The molecule has 1 N–H and O–H groups in total. The number of hydrogen-bond donors (Lipinski definition) is 1. The Labute approximate surface area is 152 Å². The second-order valence-electron chi connectivity index (χ2n) is 6.92. The summed E-state index contributed by atoms with van der Waals surface area (Å²) < 4.78 is 7.04. The van der Waals surface area contributed by atoms with Crippen LogP contribution in [0.2, 0.25) is 0 Å². The average Bonchev–Trinajstić information content (AvgIpc) is 3.41. The molecule has 0 spiro atoms. The molecule has 1 aliphatic rings. The maximum atomic E-state index is 13.0.